The number of nitrogens with one attached hydrogen (secondary N) is 1. The van der Waals surface area contributed by atoms with Gasteiger partial charge in [-0.1, -0.05) is 0 Å². The Morgan fingerprint density at radius 2 is 1.76 bits per heavy atom. The summed E-state index contributed by atoms with van der Waals surface area (Å²) in [6.07, 6.45) is 2.28. The van der Waals surface area contributed by atoms with E-state index in [2.05, 4.69) is 10.5 Å². The third-order valence-electron chi connectivity index (χ3n) is 5.65. The minimum atomic E-state index is -3.36. The lowest BCUT2D eigenvalue weighted by molar-refractivity contribution is 0.0685. The highest BCUT2D eigenvalue weighted by Gasteiger charge is 2.33. The molecule has 0 saturated carbocycles. The number of aromatic carboxylic acids is 1. The summed E-state index contributed by atoms with van der Waals surface area (Å²) in [5.41, 5.74) is 3.47. The van der Waals surface area contributed by atoms with Gasteiger partial charge >= 0.3 is 11.9 Å². The summed E-state index contributed by atoms with van der Waals surface area (Å²) < 4.78 is 40.0. The molecule has 192 valence electrons. The first-order valence-electron chi connectivity index (χ1n) is 10.7. The fourth-order valence-corrected chi connectivity index (χ4v) is 4.40. The van der Waals surface area contributed by atoms with Crippen LogP contribution in [0.3, 0.4) is 0 Å². The van der Waals surface area contributed by atoms with E-state index in [-0.39, 0.29) is 50.3 Å². The largest absolute Gasteiger partial charge is 0.507 e. The summed E-state index contributed by atoms with van der Waals surface area (Å²) in [6.45, 7) is 3.15. The van der Waals surface area contributed by atoms with Crippen LogP contribution < -0.4 is 19.6 Å². The van der Waals surface area contributed by atoms with E-state index < -0.39 is 21.8 Å². The van der Waals surface area contributed by atoms with Crippen LogP contribution in [0.15, 0.2) is 46.4 Å². The standard InChI is InChI=1S/C25H22N2O9S/c1-12-9-18(28)17(11-26-27-14-5-7-15(8-6-14)37(4,32)33)22-20(12)25(31)36-21-13(2)19(34-3)10-16(24(29)30)23(21)35-22/h5-11,27-28H,1-4H3,(H,29,30). The quantitative estimate of drug-likeness (QED) is 0.186. The molecule has 0 unspecified atom stereocenters. The van der Waals surface area contributed by atoms with Crippen molar-refractivity contribution in [1.82, 2.24) is 0 Å². The normalized spacial score (nSPS) is 12.7. The molecule has 0 saturated heterocycles. The van der Waals surface area contributed by atoms with E-state index in [9.17, 15) is 28.2 Å². The van der Waals surface area contributed by atoms with Crippen LogP contribution in [0.1, 0.15) is 37.4 Å². The number of carbonyl (C=O) groups is 2. The molecule has 12 heteroatoms. The Kier molecular flexibility index (Phi) is 6.53. The molecule has 0 aromatic heterocycles. The maximum absolute atomic E-state index is 13.1. The van der Waals surface area contributed by atoms with Gasteiger partial charge in [-0.3, -0.25) is 5.43 Å². The molecule has 37 heavy (non-hydrogen) atoms. The zero-order chi connectivity index (χ0) is 27.1. The number of benzene rings is 3. The minimum absolute atomic E-state index is 0.0181. The zero-order valence-electron chi connectivity index (χ0n) is 20.1. The van der Waals surface area contributed by atoms with Crippen molar-refractivity contribution >= 4 is 33.7 Å². The summed E-state index contributed by atoms with van der Waals surface area (Å²) in [5, 5.41) is 24.5. The molecular formula is C25H22N2O9S. The van der Waals surface area contributed by atoms with Crippen molar-refractivity contribution in [2.24, 2.45) is 5.10 Å². The highest BCUT2D eigenvalue weighted by Crippen LogP contribution is 2.48. The predicted molar refractivity (Wildman–Crippen MR) is 133 cm³/mol. The van der Waals surface area contributed by atoms with Crippen molar-refractivity contribution in [3.8, 4) is 28.7 Å². The Bertz CT molecular complexity index is 1580. The number of aromatic hydroxyl groups is 1. The van der Waals surface area contributed by atoms with E-state index in [1.807, 2.05) is 0 Å². The van der Waals surface area contributed by atoms with E-state index in [4.69, 9.17) is 14.2 Å². The van der Waals surface area contributed by atoms with Crippen molar-refractivity contribution in [3.63, 3.8) is 0 Å². The molecule has 3 aromatic rings. The second-order valence-corrected chi connectivity index (χ2v) is 10.2. The highest BCUT2D eigenvalue weighted by molar-refractivity contribution is 7.90. The second-order valence-electron chi connectivity index (χ2n) is 8.20. The molecule has 0 fully saturated rings. The van der Waals surface area contributed by atoms with Crippen LogP contribution in [-0.4, -0.2) is 50.1 Å². The number of carboxylic acid groups (broad SMARTS) is 1. The molecule has 0 atom stereocenters. The van der Waals surface area contributed by atoms with E-state index in [0.29, 0.717) is 16.8 Å². The average molecular weight is 527 g/mol. The van der Waals surface area contributed by atoms with Gasteiger partial charge in [-0.15, -0.1) is 0 Å². The number of nitrogens with zero attached hydrogens (tertiary/aromatic N) is 1. The lowest BCUT2D eigenvalue weighted by atomic mass is 10.0. The van der Waals surface area contributed by atoms with Crippen LogP contribution in [0, 0.1) is 13.8 Å². The predicted octanol–water partition coefficient (Wildman–Crippen LogP) is 3.89. The first kappa shape index (κ1) is 25.5. The molecule has 3 N–H and O–H groups in total. The van der Waals surface area contributed by atoms with Crippen molar-refractivity contribution in [2.45, 2.75) is 18.7 Å². The summed E-state index contributed by atoms with van der Waals surface area (Å²) in [4.78, 5) is 25.2. The van der Waals surface area contributed by atoms with E-state index in [1.54, 1.807) is 13.8 Å². The van der Waals surface area contributed by atoms with E-state index in [0.717, 1.165) is 6.26 Å². The zero-order valence-corrected chi connectivity index (χ0v) is 21.0. The van der Waals surface area contributed by atoms with Gasteiger partial charge in [0, 0.05) is 11.8 Å². The van der Waals surface area contributed by atoms with E-state index >= 15 is 0 Å². The Morgan fingerprint density at radius 1 is 1.08 bits per heavy atom. The average Bonchev–Trinajstić information content (AvgIpc) is 2.98. The number of aryl methyl sites for hydroxylation is 1. The third-order valence-corrected chi connectivity index (χ3v) is 6.78. The highest BCUT2D eigenvalue weighted by atomic mass is 32.2. The number of carboxylic acids is 1. The molecule has 4 rings (SSSR count). The van der Waals surface area contributed by atoms with Gasteiger partial charge in [0.25, 0.3) is 0 Å². The van der Waals surface area contributed by atoms with Gasteiger partial charge in [-0.25, -0.2) is 18.0 Å². The number of rotatable bonds is 6. The van der Waals surface area contributed by atoms with Crippen molar-refractivity contribution in [3.05, 3.63) is 64.2 Å². The molecule has 0 amide bonds. The number of hydrogen-bond donors (Lipinski definition) is 3. The molecular weight excluding hydrogens is 504 g/mol. The van der Waals surface area contributed by atoms with Crippen LogP contribution >= 0.6 is 0 Å². The van der Waals surface area contributed by atoms with Crippen LogP contribution in [0.5, 0.6) is 28.7 Å². The molecule has 0 bridgehead atoms. The lowest BCUT2D eigenvalue weighted by Crippen LogP contribution is -2.11. The van der Waals surface area contributed by atoms with Gasteiger partial charge < -0.3 is 24.4 Å². The summed E-state index contributed by atoms with van der Waals surface area (Å²) in [6, 6.07) is 8.39. The molecule has 0 aliphatic carbocycles. The number of hydrazone groups is 1. The van der Waals surface area contributed by atoms with Gasteiger partial charge in [0.05, 0.1) is 29.5 Å². The van der Waals surface area contributed by atoms with Crippen molar-refractivity contribution < 1.29 is 42.4 Å². The van der Waals surface area contributed by atoms with Gasteiger partial charge in [-0.05, 0) is 55.8 Å². The summed E-state index contributed by atoms with van der Waals surface area (Å²) in [7, 11) is -2.01. The smallest absolute Gasteiger partial charge is 0.347 e. The van der Waals surface area contributed by atoms with Crippen LogP contribution in [-0.2, 0) is 9.84 Å². The Hall–Kier alpha value is -4.58. The number of phenolic OH excluding ortho intramolecular Hbond substituents is 1. The number of hydrogen-bond acceptors (Lipinski definition) is 10. The number of anilines is 1. The van der Waals surface area contributed by atoms with Crippen molar-refractivity contribution in [2.75, 3.05) is 18.8 Å². The fraction of sp³-hybridized carbons (Fsp3) is 0.160. The molecule has 1 aliphatic heterocycles. The molecule has 3 aromatic carbocycles. The molecule has 1 heterocycles. The number of carbonyl (C=O) groups excluding carboxylic acids is 1. The van der Waals surface area contributed by atoms with Crippen molar-refractivity contribution in [1.29, 1.82) is 0 Å². The lowest BCUT2D eigenvalue weighted by Gasteiger charge is -2.16. The fourth-order valence-electron chi connectivity index (χ4n) is 3.77. The number of methoxy groups -OCH3 is 1. The first-order valence-corrected chi connectivity index (χ1v) is 12.6. The topological polar surface area (TPSA) is 161 Å². The Morgan fingerprint density at radius 3 is 2.35 bits per heavy atom. The van der Waals surface area contributed by atoms with Gasteiger partial charge in [-0.2, -0.15) is 5.10 Å². The maximum atomic E-state index is 13.1. The number of sulfone groups is 1. The summed E-state index contributed by atoms with van der Waals surface area (Å²) >= 11 is 0. The second kappa shape index (κ2) is 9.47. The van der Waals surface area contributed by atoms with Crippen LogP contribution in [0.4, 0.5) is 5.69 Å². The molecule has 0 radical (unpaired) electrons. The molecule has 11 nitrogen and oxygen atoms in total. The van der Waals surface area contributed by atoms with Gasteiger partial charge in [0.1, 0.15) is 22.6 Å². The van der Waals surface area contributed by atoms with Gasteiger partial charge in [0.15, 0.2) is 27.1 Å². The third kappa shape index (κ3) is 4.78. The van der Waals surface area contributed by atoms with Crippen LogP contribution in [0.2, 0.25) is 0 Å². The number of fused-ring (bicyclic) bond motifs is 2. The molecule has 0 spiro atoms. The van der Waals surface area contributed by atoms with E-state index in [1.165, 1.54) is 49.7 Å². The number of phenols is 1. The SMILES string of the molecule is COc1cc(C(=O)O)c2c(c1C)OC(=O)c1c(C)cc(O)c(C=NNc3ccc(S(C)(=O)=O)cc3)c1O2. The Labute approximate surface area is 211 Å². The monoisotopic (exact) mass is 526 g/mol. The first-order chi connectivity index (χ1) is 17.4. The number of ether oxygens (including phenoxy) is 3. The van der Waals surface area contributed by atoms with Gasteiger partial charge in [0.2, 0.25) is 0 Å². The minimum Gasteiger partial charge on any atom is -0.507 e. The molecule has 1 aliphatic rings. The Balaban J connectivity index is 1.80. The van der Waals surface area contributed by atoms with Crippen LogP contribution in [0.25, 0.3) is 0 Å². The summed E-state index contributed by atoms with van der Waals surface area (Å²) in [5.74, 6) is -2.77. The number of esters is 1. The maximum Gasteiger partial charge on any atom is 0.347 e.